The number of aromatic nitrogens is 1. The summed E-state index contributed by atoms with van der Waals surface area (Å²) in [4.78, 5) is 33.1. The van der Waals surface area contributed by atoms with Gasteiger partial charge < -0.3 is 15.2 Å². The molecule has 0 fully saturated rings. The number of amides is 2. The van der Waals surface area contributed by atoms with E-state index >= 15 is 0 Å². The van der Waals surface area contributed by atoms with E-state index < -0.39 is 23.4 Å². The van der Waals surface area contributed by atoms with E-state index in [4.69, 9.17) is 15.2 Å². The number of nitrogen functional groups attached to an aromatic ring is 1. The number of nitrogens with one attached hydrogen (secondary N) is 2. The molecule has 9 heteroatoms. The van der Waals surface area contributed by atoms with Gasteiger partial charge in [-0.3, -0.25) is 15.6 Å². The largest absolute Gasteiger partial charge is 0.444 e. The summed E-state index contributed by atoms with van der Waals surface area (Å²) >= 11 is 0. The van der Waals surface area contributed by atoms with Crippen molar-refractivity contribution in [2.75, 3.05) is 5.73 Å². The molecule has 2 rings (SSSR count). The lowest BCUT2D eigenvalue weighted by Crippen LogP contribution is -2.47. The maximum atomic E-state index is 12.2. The van der Waals surface area contributed by atoms with Gasteiger partial charge in [-0.25, -0.2) is 14.6 Å². The number of guanidine groups is 1. The number of carbonyl (C=O) groups is 2. The van der Waals surface area contributed by atoms with Crippen LogP contribution in [0.2, 0.25) is 0 Å². The average molecular weight is 428 g/mol. The first-order valence-corrected chi connectivity index (χ1v) is 9.72. The SMILES string of the molecule is CC(C)(C)OC(=O)NC(=Nc1cccc(-c2ncccc2N)c1)NC(=O)OC(C)(C)C. The summed E-state index contributed by atoms with van der Waals surface area (Å²) in [6.45, 7) is 10.4. The van der Waals surface area contributed by atoms with Crippen LogP contribution in [0.1, 0.15) is 41.5 Å². The van der Waals surface area contributed by atoms with Gasteiger partial charge in [-0.05, 0) is 65.8 Å². The van der Waals surface area contributed by atoms with E-state index in [2.05, 4.69) is 20.6 Å². The molecule has 1 aromatic heterocycles. The van der Waals surface area contributed by atoms with Gasteiger partial charge in [0.1, 0.15) is 11.2 Å². The number of benzene rings is 1. The Balaban J connectivity index is 2.34. The first kappa shape index (κ1) is 23.7. The molecule has 0 saturated heterocycles. The van der Waals surface area contributed by atoms with E-state index in [1.54, 1.807) is 78.1 Å². The van der Waals surface area contributed by atoms with Gasteiger partial charge >= 0.3 is 12.2 Å². The minimum absolute atomic E-state index is 0.144. The van der Waals surface area contributed by atoms with Crippen LogP contribution in [-0.4, -0.2) is 34.3 Å². The molecular weight excluding hydrogens is 398 g/mol. The number of anilines is 1. The number of nitrogens with zero attached hydrogens (tertiary/aromatic N) is 2. The van der Waals surface area contributed by atoms with E-state index in [9.17, 15) is 9.59 Å². The van der Waals surface area contributed by atoms with Crippen LogP contribution in [0.4, 0.5) is 21.0 Å². The van der Waals surface area contributed by atoms with Crippen molar-refractivity contribution >= 4 is 29.5 Å². The van der Waals surface area contributed by atoms with Crippen LogP contribution in [-0.2, 0) is 9.47 Å². The van der Waals surface area contributed by atoms with Gasteiger partial charge in [0, 0.05) is 11.8 Å². The Bertz CT molecular complexity index is 942. The molecule has 31 heavy (non-hydrogen) atoms. The van der Waals surface area contributed by atoms with Gasteiger partial charge in [0.25, 0.3) is 0 Å². The summed E-state index contributed by atoms with van der Waals surface area (Å²) in [5.41, 5.74) is 6.85. The predicted octanol–water partition coefficient (Wildman–Crippen LogP) is 4.37. The van der Waals surface area contributed by atoms with E-state index in [-0.39, 0.29) is 5.96 Å². The maximum absolute atomic E-state index is 12.2. The topological polar surface area (TPSA) is 128 Å². The Kier molecular flexibility index (Phi) is 7.22. The molecule has 9 nitrogen and oxygen atoms in total. The summed E-state index contributed by atoms with van der Waals surface area (Å²) in [5.74, 6) is -0.144. The van der Waals surface area contributed by atoms with Crippen molar-refractivity contribution in [2.24, 2.45) is 4.99 Å². The van der Waals surface area contributed by atoms with Crippen LogP contribution in [0, 0.1) is 0 Å². The van der Waals surface area contributed by atoms with Gasteiger partial charge in [0.15, 0.2) is 0 Å². The van der Waals surface area contributed by atoms with Crippen molar-refractivity contribution in [3.8, 4) is 11.3 Å². The highest BCUT2D eigenvalue weighted by Crippen LogP contribution is 2.26. The number of ether oxygens (including phenoxy) is 2. The van der Waals surface area contributed by atoms with E-state index in [0.717, 1.165) is 5.56 Å². The van der Waals surface area contributed by atoms with Gasteiger partial charge in [0.2, 0.25) is 5.96 Å². The predicted molar refractivity (Wildman–Crippen MR) is 120 cm³/mol. The number of hydrogen-bond donors (Lipinski definition) is 3. The van der Waals surface area contributed by atoms with Crippen LogP contribution >= 0.6 is 0 Å². The number of nitrogens with two attached hydrogens (primary N) is 1. The minimum Gasteiger partial charge on any atom is -0.444 e. The van der Waals surface area contributed by atoms with Crippen molar-refractivity contribution in [1.29, 1.82) is 0 Å². The summed E-state index contributed by atoms with van der Waals surface area (Å²) in [5, 5.41) is 4.89. The molecule has 1 aromatic carbocycles. The molecule has 0 aliphatic carbocycles. The second kappa shape index (κ2) is 9.46. The summed E-state index contributed by atoms with van der Waals surface area (Å²) in [6, 6.07) is 10.5. The zero-order valence-electron chi connectivity index (χ0n) is 18.6. The van der Waals surface area contributed by atoms with Crippen LogP contribution in [0.3, 0.4) is 0 Å². The molecule has 2 aromatic rings. The Hall–Kier alpha value is -3.62. The fraction of sp³-hybridized carbons (Fsp3) is 0.364. The van der Waals surface area contributed by atoms with Gasteiger partial charge in [-0.15, -0.1) is 0 Å². The van der Waals surface area contributed by atoms with E-state index in [1.165, 1.54) is 0 Å². The lowest BCUT2D eigenvalue weighted by molar-refractivity contribution is 0.0545. The van der Waals surface area contributed by atoms with Crippen LogP contribution in [0.15, 0.2) is 47.6 Å². The number of alkyl carbamates (subject to hydrolysis) is 2. The first-order chi connectivity index (χ1) is 14.3. The van der Waals surface area contributed by atoms with E-state index in [1.807, 2.05) is 6.07 Å². The Morgan fingerprint density at radius 1 is 0.935 bits per heavy atom. The molecule has 1 heterocycles. The van der Waals surface area contributed by atoms with Crippen molar-refractivity contribution < 1.29 is 19.1 Å². The van der Waals surface area contributed by atoms with Crippen molar-refractivity contribution in [3.63, 3.8) is 0 Å². The maximum Gasteiger partial charge on any atom is 0.414 e. The van der Waals surface area contributed by atoms with Crippen molar-refractivity contribution in [2.45, 2.75) is 52.7 Å². The number of hydrogen-bond acceptors (Lipinski definition) is 7. The molecule has 0 aliphatic rings. The van der Waals surface area contributed by atoms with Crippen LogP contribution in [0.25, 0.3) is 11.3 Å². The highest BCUT2D eigenvalue weighted by atomic mass is 16.6. The lowest BCUT2D eigenvalue weighted by Gasteiger charge is -2.22. The molecule has 0 bridgehead atoms. The summed E-state index contributed by atoms with van der Waals surface area (Å²) < 4.78 is 10.5. The molecule has 166 valence electrons. The third-order valence-corrected chi connectivity index (χ3v) is 3.44. The van der Waals surface area contributed by atoms with Crippen LogP contribution < -0.4 is 16.4 Å². The van der Waals surface area contributed by atoms with Crippen LogP contribution in [0.5, 0.6) is 0 Å². The normalized spacial score (nSPS) is 11.3. The third kappa shape index (κ3) is 8.33. The molecular formula is C22H29N5O4. The molecule has 2 amide bonds. The quantitative estimate of drug-likeness (QED) is 0.482. The molecule has 0 spiro atoms. The zero-order chi connectivity index (χ0) is 23.2. The number of rotatable bonds is 2. The highest BCUT2D eigenvalue weighted by Gasteiger charge is 2.21. The Morgan fingerprint density at radius 3 is 2.03 bits per heavy atom. The Labute approximate surface area is 182 Å². The molecule has 0 unspecified atom stereocenters. The molecule has 0 radical (unpaired) electrons. The smallest absolute Gasteiger partial charge is 0.414 e. The highest BCUT2D eigenvalue weighted by molar-refractivity contribution is 6.02. The van der Waals surface area contributed by atoms with Gasteiger partial charge in [-0.2, -0.15) is 0 Å². The Morgan fingerprint density at radius 2 is 1.52 bits per heavy atom. The molecule has 0 saturated carbocycles. The standard InChI is InChI=1S/C22H29N5O4/c1-21(2,3)30-19(28)26-18(27-20(29)31-22(4,5)6)25-15-10-7-9-14(13-15)17-16(23)11-8-12-24-17/h7-13H,23H2,1-6H3,(H2,25,26,27,28,29). The minimum atomic E-state index is -0.771. The summed E-state index contributed by atoms with van der Waals surface area (Å²) in [6.07, 6.45) is 0.0983. The van der Waals surface area contributed by atoms with Gasteiger partial charge in [-0.1, -0.05) is 12.1 Å². The molecule has 0 atom stereocenters. The second-order valence-corrected chi connectivity index (χ2v) is 8.71. The first-order valence-electron chi connectivity index (χ1n) is 9.72. The van der Waals surface area contributed by atoms with Gasteiger partial charge in [0.05, 0.1) is 17.1 Å². The van der Waals surface area contributed by atoms with Crippen molar-refractivity contribution in [3.05, 3.63) is 42.6 Å². The fourth-order valence-corrected chi connectivity index (χ4v) is 2.40. The molecule has 0 aliphatic heterocycles. The average Bonchev–Trinajstić information content (AvgIpc) is 2.58. The van der Waals surface area contributed by atoms with E-state index in [0.29, 0.717) is 17.1 Å². The zero-order valence-corrected chi connectivity index (χ0v) is 18.6. The number of pyridine rings is 1. The monoisotopic (exact) mass is 427 g/mol. The summed E-state index contributed by atoms with van der Waals surface area (Å²) in [7, 11) is 0. The number of carbonyl (C=O) groups excluding carboxylic acids is 2. The fourth-order valence-electron chi connectivity index (χ4n) is 2.40. The van der Waals surface area contributed by atoms with Crippen molar-refractivity contribution in [1.82, 2.24) is 15.6 Å². The third-order valence-electron chi connectivity index (χ3n) is 3.44. The number of aliphatic imine (C=N–C) groups is 1. The second-order valence-electron chi connectivity index (χ2n) is 8.71. The lowest BCUT2D eigenvalue weighted by atomic mass is 10.1. The molecule has 4 N–H and O–H groups in total.